The second-order valence-corrected chi connectivity index (χ2v) is 3.29. The van der Waals surface area contributed by atoms with Crippen LogP contribution in [-0.4, -0.2) is 40.7 Å². The lowest BCUT2D eigenvalue weighted by molar-refractivity contribution is -0.142. The van der Waals surface area contributed by atoms with Gasteiger partial charge in [0.2, 0.25) is 5.91 Å². The van der Waals surface area contributed by atoms with Gasteiger partial charge in [-0.05, 0) is 11.7 Å². The number of carbonyl (C=O) groups is 2. The van der Waals surface area contributed by atoms with Crippen LogP contribution in [-0.2, 0) is 9.59 Å². The van der Waals surface area contributed by atoms with Crippen molar-refractivity contribution in [3.63, 3.8) is 0 Å². The van der Waals surface area contributed by atoms with Gasteiger partial charge in [-0.2, -0.15) is 12.6 Å². The lowest BCUT2D eigenvalue weighted by Gasteiger charge is -2.12. The van der Waals surface area contributed by atoms with E-state index in [2.05, 4.69) is 12.6 Å². The first-order valence-corrected chi connectivity index (χ1v) is 4.37. The first-order valence-electron chi connectivity index (χ1n) is 3.74. The summed E-state index contributed by atoms with van der Waals surface area (Å²) in [6.45, 7) is 0.359. The van der Waals surface area contributed by atoms with Crippen molar-refractivity contribution in [2.24, 2.45) is 5.92 Å². The molecule has 1 N–H and O–H groups in total. The molecule has 1 fully saturated rings. The van der Waals surface area contributed by atoms with Crippen LogP contribution < -0.4 is 0 Å². The van der Waals surface area contributed by atoms with Gasteiger partial charge >= 0.3 is 5.97 Å². The molecule has 5 heteroatoms. The van der Waals surface area contributed by atoms with E-state index in [1.807, 2.05) is 0 Å². The third-order valence-electron chi connectivity index (χ3n) is 1.88. The van der Waals surface area contributed by atoms with Crippen LogP contribution in [0.4, 0.5) is 0 Å². The molecule has 1 aliphatic heterocycles. The monoisotopic (exact) mass is 189 g/mol. The number of thiol groups is 1. The van der Waals surface area contributed by atoms with Gasteiger partial charge < -0.3 is 10.0 Å². The normalized spacial score (nSPS) is 23.2. The molecule has 0 spiro atoms. The summed E-state index contributed by atoms with van der Waals surface area (Å²) in [6, 6.07) is 0. The minimum atomic E-state index is -0.955. The SMILES string of the molecule is O=C(O)CN1CC(CS)CC1=O. The second-order valence-electron chi connectivity index (χ2n) is 2.92. The Morgan fingerprint density at radius 3 is 2.83 bits per heavy atom. The standard InChI is InChI=1S/C7H11NO3S/c9-6-1-5(4-12)2-8(6)3-7(10)11/h5,12H,1-4H2,(H,10,11). The molecule has 1 unspecified atom stereocenters. The average molecular weight is 189 g/mol. The van der Waals surface area contributed by atoms with Crippen LogP contribution in [0.1, 0.15) is 6.42 Å². The molecule has 1 aliphatic rings. The van der Waals surface area contributed by atoms with Gasteiger partial charge in [0, 0.05) is 13.0 Å². The molecule has 0 aromatic heterocycles. The minimum absolute atomic E-state index is 0.0727. The van der Waals surface area contributed by atoms with E-state index >= 15 is 0 Å². The van der Waals surface area contributed by atoms with Gasteiger partial charge in [0.15, 0.2) is 0 Å². The van der Waals surface area contributed by atoms with Gasteiger partial charge in [0.25, 0.3) is 0 Å². The smallest absolute Gasteiger partial charge is 0.323 e. The van der Waals surface area contributed by atoms with Gasteiger partial charge in [0.05, 0.1) is 0 Å². The molecular weight excluding hydrogens is 178 g/mol. The Morgan fingerprint density at radius 2 is 2.42 bits per heavy atom. The second kappa shape index (κ2) is 3.80. The third kappa shape index (κ3) is 2.14. The van der Waals surface area contributed by atoms with Gasteiger partial charge in [-0.15, -0.1) is 0 Å². The van der Waals surface area contributed by atoms with E-state index in [9.17, 15) is 9.59 Å². The molecule has 0 aromatic rings. The van der Waals surface area contributed by atoms with Crippen LogP contribution in [0.15, 0.2) is 0 Å². The van der Waals surface area contributed by atoms with E-state index in [4.69, 9.17) is 5.11 Å². The fourth-order valence-electron chi connectivity index (χ4n) is 1.29. The first-order chi connectivity index (χ1) is 5.63. The van der Waals surface area contributed by atoms with E-state index < -0.39 is 5.97 Å². The van der Waals surface area contributed by atoms with Crippen molar-refractivity contribution in [3.8, 4) is 0 Å². The summed E-state index contributed by atoms with van der Waals surface area (Å²) in [7, 11) is 0. The molecule has 0 aromatic carbocycles. The Bertz CT molecular complexity index is 207. The van der Waals surface area contributed by atoms with E-state index in [0.29, 0.717) is 18.7 Å². The van der Waals surface area contributed by atoms with Crippen LogP contribution >= 0.6 is 12.6 Å². The van der Waals surface area contributed by atoms with E-state index in [1.54, 1.807) is 0 Å². The van der Waals surface area contributed by atoms with Crippen molar-refractivity contribution >= 4 is 24.5 Å². The number of hydrogen-bond acceptors (Lipinski definition) is 3. The molecule has 0 aliphatic carbocycles. The maximum atomic E-state index is 11.1. The molecule has 1 amide bonds. The van der Waals surface area contributed by atoms with Crippen LogP contribution in [0.3, 0.4) is 0 Å². The predicted molar refractivity (Wildman–Crippen MR) is 46.2 cm³/mol. The van der Waals surface area contributed by atoms with E-state index in [-0.39, 0.29) is 18.4 Å². The quantitative estimate of drug-likeness (QED) is 0.607. The molecule has 1 saturated heterocycles. The highest BCUT2D eigenvalue weighted by Gasteiger charge is 2.29. The molecule has 4 nitrogen and oxygen atoms in total. The zero-order valence-electron chi connectivity index (χ0n) is 6.56. The number of amides is 1. The maximum Gasteiger partial charge on any atom is 0.323 e. The lowest BCUT2D eigenvalue weighted by Crippen LogP contribution is -2.31. The highest BCUT2D eigenvalue weighted by atomic mass is 32.1. The number of aliphatic carboxylic acids is 1. The summed E-state index contributed by atoms with van der Waals surface area (Å²) in [5.41, 5.74) is 0. The third-order valence-corrected chi connectivity index (χ3v) is 2.40. The lowest BCUT2D eigenvalue weighted by atomic mass is 10.1. The largest absolute Gasteiger partial charge is 0.480 e. The molecule has 1 rings (SSSR count). The molecular formula is C7H11NO3S. The fraction of sp³-hybridized carbons (Fsp3) is 0.714. The number of carbonyl (C=O) groups excluding carboxylic acids is 1. The number of carboxylic acid groups (broad SMARTS) is 1. The molecule has 1 atom stereocenters. The Hall–Kier alpha value is -0.710. The highest BCUT2D eigenvalue weighted by Crippen LogP contribution is 2.17. The van der Waals surface area contributed by atoms with Crippen LogP contribution in [0.25, 0.3) is 0 Å². The summed E-state index contributed by atoms with van der Waals surface area (Å²) in [6.07, 6.45) is 0.441. The van der Waals surface area contributed by atoms with Crippen LogP contribution in [0.2, 0.25) is 0 Å². The van der Waals surface area contributed by atoms with Crippen LogP contribution in [0, 0.1) is 5.92 Å². The summed E-state index contributed by atoms with van der Waals surface area (Å²) in [5, 5.41) is 8.44. The van der Waals surface area contributed by atoms with Crippen molar-refractivity contribution in [1.82, 2.24) is 4.90 Å². The van der Waals surface area contributed by atoms with Crippen molar-refractivity contribution in [2.75, 3.05) is 18.8 Å². The summed E-state index contributed by atoms with van der Waals surface area (Å²) < 4.78 is 0. The van der Waals surface area contributed by atoms with Crippen molar-refractivity contribution in [2.45, 2.75) is 6.42 Å². The Labute approximate surface area is 76.0 Å². The number of nitrogens with zero attached hydrogens (tertiary/aromatic N) is 1. The zero-order valence-corrected chi connectivity index (χ0v) is 7.46. The summed E-state index contributed by atoms with van der Waals surface area (Å²) >= 11 is 4.06. The molecule has 0 bridgehead atoms. The Balaban J connectivity index is 2.46. The topological polar surface area (TPSA) is 57.6 Å². The number of carboxylic acids is 1. The van der Waals surface area contributed by atoms with Gasteiger partial charge in [-0.1, -0.05) is 0 Å². The Morgan fingerprint density at radius 1 is 1.75 bits per heavy atom. The summed E-state index contributed by atoms with van der Waals surface area (Å²) in [5.74, 6) is -0.165. The van der Waals surface area contributed by atoms with E-state index in [0.717, 1.165) is 0 Å². The van der Waals surface area contributed by atoms with Gasteiger partial charge in [-0.25, -0.2) is 0 Å². The zero-order chi connectivity index (χ0) is 9.14. The highest BCUT2D eigenvalue weighted by molar-refractivity contribution is 7.80. The van der Waals surface area contributed by atoms with Crippen molar-refractivity contribution < 1.29 is 14.7 Å². The summed E-state index contributed by atoms with van der Waals surface area (Å²) in [4.78, 5) is 22.8. The van der Waals surface area contributed by atoms with Crippen molar-refractivity contribution in [3.05, 3.63) is 0 Å². The number of likely N-dealkylation sites (tertiary alicyclic amines) is 1. The first kappa shape index (κ1) is 9.38. The minimum Gasteiger partial charge on any atom is -0.480 e. The number of hydrogen-bond donors (Lipinski definition) is 2. The molecule has 12 heavy (non-hydrogen) atoms. The molecule has 0 radical (unpaired) electrons. The predicted octanol–water partition coefficient (Wildman–Crippen LogP) is -0.151. The van der Waals surface area contributed by atoms with E-state index in [1.165, 1.54) is 4.90 Å². The van der Waals surface area contributed by atoms with Crippen molar-refractivity contribution in [1.29, 1.82) is 0 Å². The average Bonchev–Trinajstić information content (AvgIpc) is 2.31. The maximum absolute atomic E-state index is 11.1. The molecule has 0 saturated carbocycles. The fourth-order valence-corrected chi connectivity index (χ4v) is 1.54. The van der Waals surface area contributed by atoms with Gasteiger partial charge in [0.1, 0.15) is 6.54 Å². The van der Waals surface area contributed by atoms with Crippen LogP contribution in [0.5, 0.6) is 0 Å². The number of rotatable bonds is 3. The van der Waals surface area contributed by atoms with Gasteiger partial charge in [-0.3, -0.25) is 9.59 Å². The molecule has 1 heterocycles. The molecule has 68 valence electrons. The Kier molecular flexibility index (Phi) is 2.97.